The molecule has 2 heterocycles. The quantitative estimate of drug-likeness (QED) is 0.615. The maximum Gasteiger partial charge on any atom is 0.249 e. The van der Waals surface area contributed by atoms with Crippen molar-refractivity contribution in [3.05, 3.63) is 24.2 Å². The Kier molecular flexibility index (Phi) is 3.74. The number of carbonyl (C=O) groups is 2. The van der Waals surface area contributed by atoms with E-state index in [4.69, 9.17) is 4.42 Å². The Bertz CT molecular complexity index is 545. The molecule has 2 rings (SSSR count). The Morgan fingerprint density at radius 2 is 2.42 bits per heavy atom. The summed E-state index contributed by atoms with van der Waals surface area (Å²) in [6.07, 6.45) is 1.55. The molecule has 19 heavy (non-hydrogen) atoms. The molecule has 7 nitrogen and oxygen atoms in total. The van der Waals surface area contributed by atoms with Crippen LogP contribution in [0.4, 0.5) is 0 Å². The molecule has 0 saturated carbocycles. The normalized spacial score (nSPS) is 19.1. The first-order chi connectivity index (χ1) is 9.08. The van der Waals surface area contributed by atoms with Crippen LogP contribution in [-0.4, -0.2) is 23.2 Å². The number of nitrogens with zero attached hydrogens (tertiary/aromatic N) is 2. The molecule has 0 spiro atoms. The zero-order valence-electron chi connectivity index (χ0n) is 10.6. The summed E-state index contributed by atoms with van der Waals surface area (Å²) in [5.74, 6) is -0.544. The number of hydrazone groups is 2. The van der Waals surface area contributed by atoms with Gasteiger partial charge in [-0.05, 0) is 26.0 Å². The molecule has 100 valence electrons. The number of hydrogen-bond acceptors (Lipinski definition) is 5. The van der Waals surface area contributed by atoms with Crippen LogP contribution < -0.4 is 10.9 Å². The van der Waals surface area contributed by atoms with E-state index < -0.39 is 5.92 Å². The molecule has 0 saturated heterocycles. The van der Waals surface area contributed by atoms with Crippen LogP contribution in [0.2, 0.25) is 0 Å². The van der Waals surface area contributed by atoms with Crippen molar-refractivity contribution in [1.82, 2.24) is 10.9 Å². The smallest absolute Gasteiger partial charge is 0.249 e. The van der Waals surface area contributed by atoms with E-state index in [9.17, 15) is 9.59 Å². The van der Waals surface area contributed by atoms with Crippen molar-refractivity contribution < 1.29 is 14.0 Å². The molecule has 0 radical (unpaired) electrons. The Balaban J connectivity index is 1.90. The first-order valence-corrected chi connectivity index (χ1v) is 5.79. The summed E-state index contributed by atoms with van der Waals surface area (Å²) in [6.45, 7) is 3.42. The number of hydrogen-bond donors (Lipinski definition) is 2. The Labute approximate surface area is 109 Å². The average molecular weight is 262 g/mol. The third kappa shape index (κ3) is 3.06. The van der Waals surface area contributed by atoms with E-state index in [2.05, 4.69) is 21.1 Å². The molecule has 1 aliphatic heterocycles. The van der Waals surface area contributed by atoms with Crippen molar-refractivity contribution in [2.24, 2.45) is 16.1 Å². The Morgan fingerprint density at radius 1 is 1.63 bits per heavy atom. The molecule has 1 aromatic rings. The predicted octanol–water partition coefficient (Wildman–Crippen LogP) is 0.632. The van der Waals surface area contributed by atoms with E-state index in [0.29, 0.717) is 17.2 Å². The van der Waals surface area contributed by atoms with Gasteiger partial charge >= 0.3 is 0 Å². The van der Waals surface area contributed by atoms with Gasteiger partial charge in [0.15, 0.2) is 0 Å². The molecular formula is C12H14N4O3. The monoisotopic (exact) mass is 262 g/mol. The topological polar surface area (TPSA) is 96.1 Å². The zero-order valence-corrected chi connectivity index (χ0v) is 10.6. The second-order valence-electron chi connectivity index (χ2n) is 4.20. The van der Waals surface area contributed by atoms with Gasteiger partial charge in [-0.1, -0.05) is 0 Å². The van der Waals surface area contributed by atoms with Crippen LogP contribution in [0.5, 0.6) is 0 Å². The summed E-state index contributed by atoms with van der Waals surface area (Å²) in [5, 5.41) is 7.68. The first-order valence-electron chi connectivity index (χ1n) is 5.79. The van der Waals surface area contributed by atoms with E-state index >= 15 is 0 Å². The van der Waals surface area contributed by atoms with Crippen molar-refractivity contribution in [2.45, 2.75) is 20.3 Å². The maximum absolute atomic E-state index is 11.7. The van der Waals surface area contributed by atoms with Gasteiger partial charge in [0.25, 0.3) is 0 Å². The van der Waals surface area contributed by atoms with Gasteiger partial charge in [0, 0.05) is 12.1 Å². The molecule has 0 fully saturated rings. The van der Waals surface area contributed by atoms with E-state index in [0.717, 1.165) is 0 Å². The van der Waals surface area contributed by atoms with Crippen molar-refractivity contribution in [3.8, 4) is 0 Å². The molecule has 0 bridgehead atoms. The Hall–Kier alpha value is -2.44. The third-order valence-corrected chi connectivity index (χ3v) is 2.78. The van der Waals surface area contributed by atoms with Gasteiger partial charge in [-0.25, -0.2) is 10.9 Å². The second-order valence-corrected chi connectivity index (χ2v) is 4.20. The van der Waals surface area contributed by atoms with Gasteiger partial charge in [0.2, 0.25) is 11.8 Å². The van der Waals surface area contributed by atoms with Gasteiger partial charge in [0.05, 0.1) is 12.2 Å². The van der Waals surface area contributed by atoms with E-state index in [1.54, 1.807) is 26.0 Å². The van der Waals surface area contributed by atoms with Gasteiger partial charge in [-0.3, -0.25) is 9.59 Å². The number of nitrogens with one attached hydrogen (secondary N) is 2. The van der Waals surface area contributed by atoms with Crippen molar-refractivity contribution in [2.75, 3.05) is 0 Å². The van der Waals surface area contributed by atoms with E-state index in [1.165, 1.54) is 6.26 Å². The summed E-state index contributed by atoms with van der Waals surface area (Å²) in [7, 11) is 0. The minimum Gasteiger partial charge on any atom is -0.463 e. The second kappa shape index (κ2) is 5.47. The van der Waals surface area contributed by atoms with Crippen LogP contribution in [0.25, 0.3) is 0 Å². The van der Waals surface area contributed by atoms with Crippen molar-refractivity contribution in [3.63, 3.8) is 0 Å². The minimum absolute atomic E-state index is 0.0239. The van der Waals surface area contributed by atoms with Gasteiger partial charge < -0.3 is 4.42 Å². The fourth-order valence-electron chi connectivity index (χ4n) is 1.65. The average Bonchev–Trinajstić information content (AvgIpc) is 3.01. The van der Waals surface area contributed by atoms with Gasteiger partial charge in [0.1, 0.15) is 11.5 Å². The molecule has 2 amide bonds. The lowest BCUT2D eigenvalue weighted by atomic mass is 10.0. The maximum atomic E-state index is 11.7. The highest BCUT2D eigenvalue weighted by Crippen LogP contribution is 2.11. The van der Waals surface area contributed by atoms with Crippen LogP contribution in [-0.2, 0) is 9.59 Å². The zero-order chi connectivity index (χ0) is 13.8. The van der Waals surface area contributed by atoms with Crippen LogP contribution in [0, 0.1) is 5.92 Å². The lowest BCUT2D eigenvalue weighted by molar-refractivity contribution is -0.127. The summed E-state index contributed by atoms with van der Waals surface area (Å²) < 4.78 is 5.13. The van der Waals surface area contributed by atoms with Crippen LogP contribution in [0.3, 0.4) is 0 Å². The first kappa shape index (κ1) is 13.0. The molecule has 2 N–H and O–H groups in total. The lowest BCUT2D eigenvalue weighted by Crippen LogP contribution is -2.29. The van der Waals surface area contributed by atoms with Crippen molar-refractivity contribution >= 4 is 23.2 Å². The lowest BCUT2D eigenvalue weighted by Gasteiger charge is -2.06. The SMILES string of the molecule is CC1=NNC(=O)[C@H]1CC(=O)N/N=C(/C)c1ccco1. The number of furan rings is 1. The minimum atomic E-state index is -0.515. The number of rotatable bonds is 4. The van der Waals surface area contributed by atoms with Gasteiger partial charge in [-0.2, -0.15) is 10.2 Å². The summed E-state index contributed by atoms with van der Waals surface area (Å²) in [6, 6.07) is 3.48. The number of carbonyl (C=O) groups excluding carboxylic acids is 2. The summed E-state index contributed by atoms with van der Waals surface area (Å²) >= 11 is 0. The predicted molar refractivity (Wildman–Crippen MR) is 68.4 cm³/mol. The molecule has 1 atom stereocenters. The highest BCUT2D eigenvalue weighted by atomic mass is 16.3. The third-order valence-electron chi connectivity index (χ3n) is 2.78. The molecular weight excluding hydrogens is 248 g/mol. The van der Waals surface area contributed by atoms with Crippen LogP contribution in [0.15, 0.2) is 33.0 Å². The Morgan fingerprint density at radius 3 is 3.00 bits per heavy atom. The highest BCUT2D eigenvalue weighted by Gasteiger charge is 2.29. The van der Waals surface area contributed by atoms with Crippen LogP contribution >= 0.6 is 0 Å². The van der Waals surface area contributed by atoms with Crippen LogP contribution in [0.1, 0.15) is 26.0 Å². The summed E-state index contributed by atoms with van der Waals surface area (Å²) in [5.41, 5.74) is 5.88. The van der Waals surface area contributed by atoms with Gasteiger partial charge in [-0.15, -0.1) is 0 Å². The molecule has 0 aromatic carbocycles. The standard InChI is InChI=1S/C12H14N4O3/c1-7-9(12(18)16-13-7)6-11(17)15-14-8(2)10-4-3-5-19-10/h3-5,9H,6H2,1-2H3,(H,15,17)(H,16,18)/b14-8-/t9-/m0/s1. The van der Waals surface area contributed by atoms with Crippen molar-refractivity contribution in [1.29, 1.82) is 0 Å². The highest BCUT2D eigenvalue weighted by molar-refractivity contribution is 6.09. The fraction of sp³-hybridized carbons (Fsp3) is 0.333. The number of amides is 2. The molecule has 0 unspecified atom stereocenters. The fourth-order valence-corrected chi connectivity index (χ4v) is 1.65. The largest absolute Gasteiger partial charge is 0.463 e. The molecule has 0 aliphatic carbocycles. The molecule has 7 heteroatoms. The molecule has 1 aliphatic rings. The van der Waals surface area contributed by atoms with E-state index in [1.807, 2.05) is 0 Å². The van der Waals surface area contributed by atoms with E-state index in [-0.39, 0.29) is 18.2 Å². The molecule has 1 aromatic heterocycles. The summed E-state index contributed by atoms with van der Waals surface area (Å²) in [4.78, 5) is 23.1.